The van der Waals surface area contributed by atoms with E-state index in [4.69, 9.17) is 5.11 Å². The molecule has 0 saturated carbocycles. The van der Waals surface area contributed by atoms with Gasteiger partial charge in [-0.05, 0) is 6.07 Å². The van der Waals surface area contributed by atoms with Crippen LogP contribution in [0.25, 0.3) is 5.82 Å². The molecule has 2 aromatic rings. The molecule has 0 spiro atoms. The van der Waals surface area contributed by atoms with Crippen LogP contribution in [0.5, 0.6) is 0 Å². The number of nitrogens with zero attached hydrogens (tertiary/aromatic N) is 4. The van der Waals surface area contributed by atoms with E-state index in [-0.39, 0.29) is 11.4 Å². The molecule has 0 aliphatic heterocycles. The molecule has 2 rings (SSSR count). The Balaban J connectivity index is 2.61. The third-order valence-corrected chi connectivity index (χ3v) is 1.70. The molecule has 6 nitrogen and oxygen atoms in total. The van der Waals surface area contributed by atoms with Gasteiger partial charge in [-0.2, -0.15) is 5.10 Å². The van der Waals surface area contributed by atoms with Crippen molar-refractivity contribution in [3.05, 3.63) is 36.3 Å². The lowest BCUT2D eigenvalue weighted by Gasteiger charge is -2.03. The van der Waals surface area contributed by atoms with Crippen LogP contribution in [0, 0.1) is 5.82 Å². The molecule has 1 N–H and O–H groups in total. The number of carboxylic acids is 1. The number of rotatable bonds is 2. The Morgan fingerprint density at radius 1 is 1.53 bits per heavy atom. The van der Waals surface area contributed by atoms with Crippen molar-refractivity contribution < 1.29 is 14.3 Å². The number of carboxylic acid groups (broad SMARTS) is 1. The zero-order chi connectivity index (χ0) is 10.8. The highest BCUT2D eigenvalue weighted by Gasteiger charge is 2.14. The molecule has 0 aliphatic carbocycles. The Kier molecular flexibility index (Phi) is 2.13. The highest BCUT2D eigenvalue weighted by molar-refractivity contribution is 5.90. The van der Waals surface area contributed by atoms with Crippen molar-refractivity contribution >= 4 is 5.97 Å². The van der Waals surface area contributed by atoms with Gasteiger partial charge in [0.15, 0.2) is 5.82 Å². The molecule has 0 saturated heterocycles. The van der Waals surface area contributed by atoms with Crippen LogP contribution in [0.4, 0.5) is 4.39 Å². The average molecular weight is 208 g/mol. The summed E-state index contributed by atoms with van der Waals surface area (Å²) >= 11 is 0. The van der Waals surface area contributed by atoms with E-state index in [9.17, 15) is 9.18 Å². The number of halogens is 1. The van der Waals surface area contributed by atoms with E-state index < -0.39 is 11.8 Å². The number of carbonyl (C=O) groups is 1. The van der Waals surface area contributed by atoms with Crippen molar-refractivity contribution in [3.8, 4) is 5.82 Å². The molecular weight excluding hydrogens is 203 g/mol. The van der Waals surface area contributed by atoms with Gasteiger partial charge in [-0.25, -0.2) is 23.8 Å². The zero-order valence-corrected chi connectivity index (χ0v) is 7.33. The standard InChI is InChI=1S/C8H5FN4O2/c9-5-1-6(8(14)15)7(11-2-5)13-4-10-3-12-13/h1-4H,(H,14,15). The molecule has 0 aliphatic rings. The Labute approximate surface area is 83.0 Å². The third kappa shape index (κ3) is 1.66. The molecular formula is C8H5FN4O2. The highest BCUT2D eigenvalue weighted by atomic mass is 19.1. The number of aromatic carboxylic acids is 1. The summed E-state index contributed by atoms with van der Waals surface area (Å²) in [4.78, 5) is 18.1. The summed E-state index contributed by atoms with van der Waals surface area (Å²) in [6.07, 6.45) is 3.44. The highest BCUT2D eigenvalue weighted by Crippen LogP contribution is 2.11. The van der Waals surface area contributed by atoms with Crippen LogP contribution in [0.15, 0.2) is 24.9 Å². The molecule has 15 heavy (non-hydrogen) atoms. The Hall–Kier alpha value is -2.31. The number of hydrogen-bond acceptors (Lipinski definition) is 4. The van der Waals surface area contributed by atoms with Crippen molar-refractivity contribution in [1.29, 1.82) is 0 Å². The summed E-state index contributed by atoms with van der Waals surface area (Å²) in [5, 5.41) is 12.5. The van der Waals surface area contributed by atoms with Crippen molar-refractivity contribution in [2.75, 3.05) is 0 Å². The minimum Gasteiger partial charge on any atom is -0.478 e. The lowest BCUT2D eigenvalue weighted by atomic mass is 10.2. The fraction of sp³-hybridized carbons (Fsp3) is 0. The Morgan fingerprint density at radius 3 is 2.93 bits per heavy atom. The maximum absolute atomic E-state index is 12.8. The summed E-state index contributed by atoms with van der Waals surface area (Å²) in [5.41, 5.74) is -0.263. The van der Waals surface area contributed by atoms with E-state index in [1.165, 1.54) is 12.7 Å². The maximum Gasteiger partial charge on any atom is 0.339 e. The second-order valence-electron chi connectivity index (χ2n) is 2.67. The molecule has 0 fully saturated rings. The molecule has 2 aromatic heterocycles. The van der Waals surface area contributed by atoms with E-state index in [1.807, 2.05) is 0 Å². The number of pyridine rings is 1. The van der Waals surface area contributed by atoms with Gasteiger partial charge in [-0.15, -0.1) is 0 Å². The molecule has 0 unspecified atom stereocenters. The molecule has 0 atom stereocenters. The van der Waals surface area contributed by atoms with Gasteiger partial charge in [0.1, 0.15) is 24.0 Å². The normalized spacial score (nSPS) is 10.2. The predicted octanol–water partition coefficient (Wildman–Crippen LogP) is 0.500. The second-order valence-corrected chi connectivity index (χ2v) is 2.67. The molecule has 0 radical (unpaired) electrons. The van der Waals surface area contributed by atoms with Crippen molar-refractivity contribution in [3.63, 3.8) is 0 Å². The van der Waals surface area contributed by atoms with Crippen LogP contribution in [-0.4, -0.2) is 30.8 Å². The minimum absolute atomic E-state index is 0.0291. The van der Waals surface area contributed by atoms with E-state index >= 15 is 0 Å². The molecule has 2 heterocycles. The van der Waals surface area contributed by atoms with E-state index in [2.05, 4.69) is 15.1 Å². The third-order valence-electron chi connectivity index (χ3n) is 1.70. The number of aromatic nitrogens is 4. The Bertz CT molecular complexity index is 497. The first kappa shape index (κ1) is 9.25. The predicted molar refractivity (Wildman–Crippen MR) is 46.1 cm³/mol. The zero-order valence-electron chi connectivity index (χ0n) is 7.33. The summed E-state index contributed by atoms with van der Waals surface area (Å²) in [5.74, 6) is -1.95. The fourth-order valence-electron chi connectivity index (χ4n) is 1.09. The number of hydrogen-bond donors (Lipinski definition) is 1. The van der Waals surface area contributed by atoms with E-state index in [1.54, 1.807) is 0 Å². The maximum atomic E-state index is 12.8. The monoisotopic (exact) mass is 208 g/mol. The van der Waals surface area contributed by atoms with Crippen LogP contribution in [-0.2, 0) is 0 Å². The smallest absolute Gasteiger partial charge is 0.339 e. The molecule has 7 heteroatoms. The van der Waals surface area contributed by atoms with E-state index in [0.717, 1.165) is 16.9 Å². The molecule has 0 amide bonds. The first-order valence-corrected chi connectivity index (χ1v) is 3.92. The fourth-order valence-corrected chi connectivity index (χ4v) is 1.09. The van der Waals surface area contributed by atoms with Crippen LogP contribution >= 0.6 is 0 Å². The van der Waals surface area contributed by atoms with Crippen LogP contribution in [0.1, 0.15) is 10.4 Å². The first-order chi connectivity index (χ1) is 7.18. The van der Waals surface area contributed by atoms with Gasteiger partial charge in [0.2, 0.25) is 0 Å². The van der Waals surface area contributed by atoms with Crippen molar-refractivity contribution in [1.82, 2.24) is 19.7 Å². The first-order valence-electron chi connectivity index (χ1n) is 3.92. The second kappa shape index (κ2) is 3.45. The summed E-state index contributed by atoms with van der Waals surface area (Å²) in [7, 11) is 0. The Morgan fingerprint density at radius 2 is 2.33 bits per heavy atom. The summed E-state index contributed by atoms with van der Waals surface area (Å²) in [6, 6.07) is 0.881. The summed E-state index contributed by atoms with van der Waals surface area (Å²) in [6.45, 7) is 0. The van der Waals surface area contributed by atoms with Crippen LogP contribution in [0.3, 0.4) is 0 Å². The SMILES string of the molecule is O=C(O)c1cc(F)cnc1-n1cncn1. The lowest BCUT2D eigenvalue weighted by molar-refractivity contribution is 0.0695. The van der Waals surface area contributed by atoms with Crippen molar-refractivity contribution in [2.24, 2.45) is 0 Å². The van der Waals surface area contributed by atoms with Crippen molar-refractivity contribution in [2.45, 2.75) is 0 Å². The van der Waals surface area contributed by atoms with Gasteiger partial charge >= 0.3 is 5.97 Å². The van der Waals surface area contributed by atoms with Crippen LogP contribution in [0.2, 0.25) is 0 Å². The van der Waals surface area contributed by atoms with Gasteiger partial charge in [-0.3, -0.25) is 0 Å². The summed E-state index contributed by atoms with van der Waals surface area (Å²) < 4.78 is 13.9. The average Bonchev–Trinajstić information content (AvgIpc) is 2.70. The quantitative estimate of drug-likeness (QED) is 0.777. The lowest BCUT2D eigenvalue weighted by Crippen LogP contribution is -2.08. The molecule has 0 aromatic carbocycles. The minimum atomic E-state index is -1.27. The van der Waals surface area contributed by atoms with Gasteiger partial charge in [0, 0.05) is 0 Å². The van der Waals surface area contributed by atoms with Crippen LogP contribution < -0.4 is 0 Å². The van der Waals surface area contributed by atoms with Gasteiger partial charge in [0.25, 0.3) is 0 Å². The van der Waals surface area contributed by atoms with Gasteiger partial charge < -0.3 is 5.11 Å². The molecule has 0 bridgehead atoms. The van der Waals surface area contributed by atoms with Gasteiger partial charge in [0.05, 0.1) is 6.20 Å². The topological polar surface area (TPSA) is 80.9 Å². The van der Waals surface area contributed by atoms with Gasteiger partial charge in [-0.1, -0.05) is 0 Å². The molecule has 76 valence electrons. The largest absolute Gasteiger partial charge is 0.478 e. The van der Waals surface area contributed by atoms with E-state index in [0.29, 0.717) is 0 Å².